The highest BCUT2D eigenvalue weighted by molar-refractivity contribution is 7.91. The molecule has 0 saturated carbocycles. The summed E-state index contributed by atoms with van der Waals surface area (Å²) in [4.78, 5) is 4.59. The molecule has 0 amide bonds. The number of benzene rings is 1. The summed E-state index contributed by atoms with van der Waals surface area (Å²) in [6.07, 6.45) is 2.49. The number of aromatic amines is 1. The van der Waals surface area contributed by atoms with Gasteiger partial charge in [0.2, 0.25) is 0 Å². The van der Waals surface area contributed by atoms with E-state index in [-0.39, 0.29) is 17.6 Å². The average molecular weight is 408 g/mol. The van der Waals surface area contributed by atoms with Crippen molar-refractivity contribution < 1.29 is 17.5 Å². The summed E-state index contributed by atoms with van der Waals surface area (Å²) in [5.41, 5.74) is 2.11. The van der Waals surface area contributed by atoms with Crippen molar-refractivity contribution in [3.8, 4) is 17.0 Å². The Labute approximate surface area is 164 Å². The van der Waals surface area contributed by atoms with Crippen LogP contribution in [-0.2, 0) is 16.4 Å². The first-order chi connectivity index (χ1) is 13.4. The van der Waals surface area contributed by atoms with Gasteiger partial charge in [0.15, 0.2) is 9.84 Å². The van der Waals surface area contributed by atoms with Gasteiger partial charge in [-0.05, 0) is 18.6 Å². The Kier molecular flexibility index (Phi) is 5.39. The van der Waals surface area contributed by atoms with E-state index >= 15 is 0 Å². The molecule has 0 aliphatic carbocycles. The number of methoxy groups -OCH3 is 1. The predicted molar refractivity (Wildman–Crippen MR) is 104 cm³/mol. The number of nitrogens with zero attached hydrogens (tertiary/aromatic N) is 3. The number of hydrogen-bond acceptors (Lipinski definition) is 6. The van der Waals surface area contributed by atoms with Gasteiger partial charge in [0.25, 0.3) is 0 Å². The van der Waals surface area contributed by atoms with Crippen LogP contribution in [0.25, 0.3) is 11.3 Å². The van der Waals surface area contributed by atoms with Crippen molar-refractivity contribution in [2.24, 2.45) is 0 Å². The van der Waals surface area contributed by atoms with Crippen LogP contribution in [0.4, 0.5) is 4.39 Å². The van der Waals surface area contributed by atoms with E-state index in [0.29, 0.717) is 29.3 Å². The van der Waals surface area contributed by atoms with Gasteiger partial charge in [0, 0.05) is 56.0 Å². The smallest absolute Gasteiger partial charge is 0.151 e. The molecule has 9 heteroatoms. The largest absolute Gasteiger partial charge is 0.497 e. The monoisotopic (exact) mass is 408 g/mol. The van der Waals surface area contributed by atoms with Crippen LogP contribution in [-0.4, -0.2) is 79.3 Å². The van der Waals surface area contributed by atoms with E-state index in [0.717, 1.165) is 38.2 Å². The van der Waals surface area contributed by atoms with Gasteiger partial charge in [-0.2, -0.15) is 5.10 Å². The third-order valence-corrected chi connectivity index (χ3v) is 7.44. The molecule has 1 unspecified atom stereocenters. The van der Waals surface area contributed by atoms with E-state index in [1.165, 1.54) is 13.2 Å². The summed E-state index contributed by atoms with van der Waals surface area (Å²) in [5.74, 6) is 0.726. The van der Waals surface area contributed by atoms with Crippen molar-refractivity contribution in [2.75, 3.05) is 44.8 Å². The van der Waals surface area contributed by atoms with Crippen molar-refractivity contribution in [2.45, 2.75) is 19.0 Å². The van der Waals surface area contributed by atoms with Gasteiger partial charge < -0.3 is 4.74 Å². The lowest BCUT2D eigenvalue weighted by molar-refractivity contribution is 0.100. The molecule has 1 aromatic heterocycles. The van der Waals surface area contributed by atoms with Crippen molar-refractivity contribution in [1.82, 2.24) is 20.0 Å². The van der Waals surface area contributed by atoms with Crippen LogP contribution in [0.1, 0.15) is 12.0 Å². The molecule has 152 valence electrons. The van der Waals surface area contributed by atoms with Crippen molar-refractivity contribution in [3.63, 3.8) is 0 Å². The van der Waals surface area contributed by atoms with Crippen LogP contribution in [0.3, 0.4) is 0 Å². The molecule has 1 aromatic carbocycles. The van der Waals surface area contributed by atoms with Crippen molar-refractivity contribution >= 4 is 9.84 Å². The maximum atomic E-state index is 14.4. The minimum absolute atomic E-state index is 0.157. The highest BCUT2D eigenvalue weighted by Gasteiger charge is 2.33. The molecule has 2 aromatic rings. The molecule has 0 bridgehead atoms. The zero-order valence-corrected chi connectivity index (χ0v) is 16.7. The first-order valence-electron chi connectivity index (χ1n) is 9.48. The molecule has 2 aliphatic rings. The first kappa shape index (κ1) is 19.4. The summed E-state index contributed by atoms with van der Waals surface area (Å²) in [6, 6.07) is 4.96. The number of ether oxygens (including phenoxy) is 1. The van der Waals surface area contributed by atoms with Gasteiger partial charge in [0.05, 0.1) is 30.5 Å². The molecule has 28 heavy (non-hydrogen) atoms. The lowest BCUT2D eigenvalue weighted by Gasteiger charge is -2.37. The van der Waals surface area contributed by atoms with Gasteiger partial charge >= 0.3 is 0 Å². The number of sulfone groups is 1. The fourth-order valence-corrected chi connectivity index (χ4v) is 5.84. The van der Waals surface area contributed by atoms with Crippen LogP contribution >= 0.6 is 0 Å². The number of halogens is 1. The highest BCUT2D eigenvalue weighted by Crippen LogP contribution is 2.28. The van der Waals surface area contributed by atoms with Gasteiger partial charge in [0.1, 0.15) is 11.6 Å². The number of hydrogen-bond donors (Lipinski definition) is 1. The van der Waals surface area contributed by atoms with E-state index in [9.17, 15) is 12.8 Å². The van der Waals surface area contributed by atoms with E-state index in [1.807, 2.05) is 0 Å². The number of rotatable bonds is 5. The molecule has 2 fully saturated rings. The fourth-order valence-electron chi connectivity index (χ4n) is 4.08. The minimum Gasteiger partial charge on any atom is -0.497 e. The van der Waals surface area contributed by atoms with E-state index < -0.39 is 9.84 Å². The van der Waals surface area contributed by atoms with Crippen LogP contribution in [0.2, 0.25) is 0 Å². The van der Waals surface area contributed by atoms with E-state index in [1.54, 1.807) is 18.3 Å². The summed E-state index contributed by atoms with van der Waals surface area (Å²) in [5, 5.41) is 7.03. The summed E-state index contributed by atoms with van der Waals surface area (Å²) < 4.78 is 42.9. The van der Waals surface area contributed by atoms with Crippen LogP contribution < -0.4 is 4.74 Å². The fraction of sp³-hybridized carbons (Fsp3) is 0.526. The normalized spacial score (nSPS) is 23.1. The third kappa shape index (κ3) is 4.06. The second-order valence-electron chi connectivity index (χ2n) is 7.48. The number of aromatic nitrogens is 2. The molecular formula is C19H25FN4O3S. The average Bonchev–Trinajstić information content (AvgIpc) is 3.28. The van der Waals surface area contributed by atoms with Gasteiger partial charge in [-0.15, -0.1) is 0 Å². The molecule has 0 spiro atoms. The van der Waals surface area contributed by atoms with Gasteiger partial charge in [-0.3, -0.25) is 14.9 Å². The summed E-state index contributed by atoms with van der Waals surface area (Å²) >= 11 is 0. The molecule has 1 N–H and O–H groups in total. The number of H-pyrrole nitrogens is 1. The van der Waals surface area contributed by atoms with Crippen LogP contribution in [0, 0.1) is 5.82 Å². The first-order valence-corrected chi connectivity index (χ1v) is 11.3. The van der Waals surface area contributed by atoms with Crippen molar-refractivity contribution in [3.05, 3.63) is 35.8 Å². The predicted octanol–water partition coefficient (Wildman–Crippen LogP) is 1.53. The lowest BCUT2D eigenvalue weighted by atomic mass is 10.1. The topological polar surface area (TPSA) is 78.5 Å². The Morgan fingerprint density at radius 2 is 2.07 bits per heavy atom. The lowest BCUT2D eigenvalue weighted by Crippen LogP contribution is -2.50. The molecule has 7 nitrogen and oxygen atoms in total. The second-order valence-corrected chi connectivity index (χ2v) is 9.71. The standard InChI is InChI=1S/C19H25FN4O3S/c1-27-16-2-3-17(18(20)10-16)19-14(11-21-22-19)12-23-5-7-24(8-6-23)15-4-9-28(25,26)13-15/h2-3,10-11,15H,4-9,12-13H2,1H3,(H,21,22). The second kappa shape index (κ2) is 7.81. The SMILES string of the molecule is COc1ccc(-c2[nH]ncc2CN2CCN(C3CCS(=O)(=O)C3)CC2)c(F)c1. The van der Waals surface area contributed by atoms with E-state index in [2.05, 4.69) is 20.0 Å². The van der Waals surface area contributed by atoms with Gasteiger partial charge in [-0.1, -0.05) is 0 Å². The Balaban J connectivity index is 1.40. The quantitative estimate of drug-likeness (QED) is 0.809. The summed E-state index contributed by atoms with van der Waals surface area (Å²) in [6.45, 7) is 4.08. The molecule has 1 atom stereocenters. The Hall–Kier alpha value is -1.97. The third-order valence-electron chi connectivity index (χ3n) is 5.69. The van der Waals surface area contributed by atoms with E-state index in [4.69, 9.17) is 4.74 Å². The highest BCUT2D eigenvalue weighted by atomic mass is 32.2. The Bertz CT molecular complexity index is 938. The molecular weight excluding hydrogens is 383 g/mol. The molecule has 0 radical (unpaired) electrons. The Morgan fingerprint density at radius 1 is 1.29 bits per heavy atom. The Morgan fingerprint density at radius 3 is 2.71 bits per heavy atom. The number of nitrogens with one attached hydrogen (secondary N) is 1. The van der Waals surface area contributed by atoms with Crippen molar-refractivity contribution in [1.29, 1.82) is 0 Å². The molecule has 2 aliphatic heterocycles. The van der Waals surface area contributed by atoms with Crippen LogP contribution in [0.5, 0.6) is 5.75 Å². The maximum Gasteiger partial charge on any atom is 0.151 e. The molecule has 2 saturated heterocycles. The zero-order valence-electron chi connectivity index (χ0n) is 15.9. The molecule has 3 heterocycles. The van der Waals surface area contributed by atoms with Crippen LogP contribution in [0.15, 0.2) is 24.4 Å². The summed E-state index contributed by atoms with van der Waals surface area (Å²) in [7, 11) is -1.35. The zero-order chi connectivity index (χ0) is 19.7. The maximum absolute atomic E-state index is 14.4. The number of piperazine rings is 1. The molecule has 4 rings (SSSR count). The van der Waals surface area contributed by atoms with Gasteiger partial charge in [-0.25, -0.2) is 12.8 Å². The minimum atomic E-state index is -2.86.